The molecule has 1 aliphatic carbocycles. The van der Waals surface area contributed by atoms with Gasteiger partial charge >= 0.3 is 0 Å². The van der Waals surface area contributed by atoms with E-state index >= 15 is 0 Å². The first-order valence-corrected chi connectivity index (χ1v) is 15.9. The minimum absolute atomic E-state index is 0.0305. The molecule has 208 valence electrons. The van der Waals surface area contributed by atoms with Crippen molar-refractivity contribution in [2.24, 2.45) is 11.8 Å². The highest BCUT2D eigenvalue weighted by atomic mass is 32.2. The third kappa shape index (κ3) is 7.60. The summed E-state index contributed by atoms with van der Waals surface area (Å²) in [6.07, 6.45) is 15.3. The third-order valence-electron chi connectivity index (χ3n) is 8.30. The van der Waals surface area contributed by atoms with Gasteiger partial charge in [-0.1, -0.05) is 57.7 Å². The number of sulfone groups is 1. The number of rotatable bonds is 11. The minimum atomic E-state index is -3.78. The summed E-state index contributed by atoms with van der Waals surface area (Å²) in [4.78, 5) is 7.15. The Morgan fingerprint density at radius 1 is 1.08 bits per heavy atom. The molecule has 2 fully saturated rings. The van der Waals surface area contributed by atoms with Gasteiger partial charge in [-0.2, -0.15) is 0 Å². The van der Waals surface area contributed by atoms with E-state index in [1.807, 2.05) is 6.07 Å². The maximum Gasteiger partial charge on any atom is 0.223 e. The average Bonchev–Trinajstić information content (AvgIpc) is 3.15. The lowest BCUT2D eigenvalue weighted by atomic mass is 9.81. The number of aliphatic hydroxyl groups is 1. The van der Waals surface area contributed by atoms with Crippen LogP contribution in [-0.2, 0) is 9.84 Å². The zero-order valence-corrected chi connectivity index (χ0v) is 23.7. The summed E-state index contributed by atoms with van der Waals surface area (Å²) in [5.41, 5.74) is 1.08. The highest BCUT2D eigenvalue weighted by Crippen LogP contribution is 2.35. The van der Waals surface area contributed by atoms with Gasteiger partial charge in [-0.05, 0) is 86.9 Å². The second-order valence-electron chi connectivity index (χ2n) is 11.1. The number of aliphatic hydroxyl groups excluding tert-OH is 1. The van der Waals surface area contributed by atoms with Gasteiger partial charge in [0.25, 0.3) is 0 Å². The maximum absolute atomic E-state index is 13.3. The minimum Gasteiger partial charge on any atom is -0.513 e. The van der Waals surface area contributed by atoms with Crippen molar-refractivity contribution in [1.29, 1.82) is 0 Å². The van der Waals surface area contributed by atoms with Gasteiger partial charge in [0.1, 0.15) is 5.75 Å². The van der Waals surface area contributed by atoms with Gasteiger partial charge in [0.2, 0.25) is 9.84 Å². The van der Waals surface area contributed by atoms with Gasteiger partial charge in [-0.3, -0.25) is 4.90 Å². The van der Waals surface area contributed by atoms with Gasteiger partial charge in [0.05, 0.1) is 17.3 Å². The van der Waals surface area contributed by atoms with Crippen LogP contribution in [0.3, 0.4) is 0 Å². The molecule has 0 spiro atoms. The molecule has 0 bridgehead atoms. The topological polar surface area (TPSA) is 79.7 Å². The molecule has 1 N–H and O–H groups in total. The Morgan fingerprint density at radius 3 is 2.55 bits per heavy atom. The van der Waals surface area contributed by atoms with Gasteiger partial charge in [0, 0.05) is 18.7 Å². The molecule has 6 nitrogen and oxygen atoms in total. The van der Waals surface area contributed by atoms with Gasteiger partial charge in [0.15, 0.2) is 5.03 Å². The van der Waals surface area contributed by atoms with Crippen LogP contribution in [0, 0.1) is 11.8 Å². The van der Waals surface area contributed by atoms with Crippen molar-refractivity contribution in [2.75, 3.05) is 19.7 Å². The first-order chi connectivity index (χ1) is 18.4. The summed E-state index contributed by atoms with van der Waals surface area (Å²) >= 11 is 0. The molecular formula is C31H44N2O4S. The first kappa shape index (κ1) is 28.6. The molecule has 1 aliphatic heterocycles. The smallest absolute Gasteiger partial charge is 0.223 e. The van der Waals surface area contributed by atoms with Crippen molar-refractivity contribution >= 4 is 9.84 Å². The van der Waals surface area contributed by atoms with E-state index in [9.17, 15) is 13.5 Å². The SMILES string of the molecule is C=C(O)CCOc1cccc(S(=O)(=O)c2ccc([C@H](CC)N3CCCC(CC4CCCCC4)CC3)cn2)c1. The quantitative estimate of drug-likeness (QED) is 0.302. The van der Waals surface area contributed by atoms with E-state index in [-0.39, 0.29) is 34.8 Å². The molecule has 1 aromatic carbocycles. The average molecular weight is 541 g/mol. The van der Waals surface area contributed by atoms with Gasteiger partial charge in [-0.25, -0.2) is 13.4 Å². The molecule has 0 amide bonds. The molecule has 1 saturated carbocycles. The van der Waals surface area contributed by atoms with Crippen molar-refractivity contribution in [3.8, 4) is 5.75 Å². The number of pyridine rings is 1. The lowest BCUT2D eigenvalue weighted by Gasteiger charge is -2.30. The molecule has 7 heteroatoms. The predicted molar refractivity (Wildman–Crippen MR) is 151 cm³/mol. The summed E-state index contributed by atoms with van der Waals surface area (Å²) in [5.74, 6) is 2.24. The lowest BCUT2D eigenvalue weighted by Crippen LogP contribution is -2.30. The molecule has 1 unspecified atom stereocenters. The molecule has 1 aromatic heterocycles. The molecule has 0 radical (unpaired) electrons. The molecule has 2 aliphatic rings. The van der Waals surface area contributed by atoms with E-state index in [0.717, 1.165) is 36.9 Å². The Hall–Kier alpha value is -2.38. The fourth-order valence-corrected chi connectivity index (χ4v) is 7.43. The molecule has 1 saturated heterocycles. The maximum atomic E-state index is 13.3. The largest absolute Gasteiger partial charge is 0.513 e. The fourth-order valence-electron chi connectivity index (χ4n) is 6.22. The Kier molecular flexibility index (Phi) is 10.3. The molecule has 38 heavy (non-hydrogen) atoms. The Balaban J connectivity index is 1.40. The standard InChI is InChI=1S/C31H44N2O4S/c1-3-30(33-18-8-11-26(16-19-33)21-25-9-5-4-6-10-25)27-14-15-31(32-23-27)38(35,36)29-13-7-12-28(22-29)37-20-17-24(2)34/h7,12-15,22-23,25-26,30,34H,2-6,8-11,16-21H2,1H3/t26?,30-/m0/s1. The van der Waals surface area contributed by atoms with E-state index in [2.05, 4.69) is 23.4 Å². The number of likely N-dealkylation sites (tertiary alicyclic amines) is 1. The zero-order valence-electron chi connectivity index (χ0n) is 22.9. The molecule has 4 rings (SSSR count). The molecule has 2 atom stereocenters. The van der Waals surface area contributed by atoms with Crippen molar-refractivity contribution in [3.63, 3.8) is 0 Å². The first-order valence-electron chi connectivity index (χ1n) is 14.4. The van der Waals surface area contributed by atoms with Crippen LogP contribution >= 0.6 is 0 Å². The predicted octanol–water partition coefficient (Wildman–Crippen LogP) is 7.28. The normalized spacial score (nSPS) is 20.5. The zero-order chi connectivity index (χ0) is 27.0. The van der Waals surface area contributed by atoms with Crippen molar-refractivity contribution in [1.82, 2.24) is 9.88 Å². The summed E-state index contributed by atoms with van der Waals surface area (Å²) in [7, 11) is -3.78. The van der Waals surface area contributed by atoms with E-state index < -0.39 is 9.84 Å². The van der Waals surface area contributed by atoms with E-state index in [0.29, 0.717) is 5.75 Å². The Morgan fingerprint density at radius 2 is 1.84 bits per heavy atom. The van der Waals surface area contributed by atoms with Gasteiger partial charge in [-0.15, -0.1) is 0 Å². The highest BCUT2D eigenvalue weighted by Gasteiger charge is 2.27. The van der Waals surface area contributed by atoms with E-state index in [1.165, 1.54) is 63.9 Å². The molecule has 2 aromatic rings. The number of nitrogens with zero attached hydrogens (tertiary/aromatic N) is 2. The Labute approximate surface area is 229 Å². The Bertz CT molecular complexity index is 1140. The summed E-state index contributed by atoms with van der Waals surface area (Å²) in [5, 5.41) is 9.27. The van der Waals surface area contributed by atoms with Crippen LogP contribution < -0.4 is 4.74 Å². The highest BCUT2D eigenvalue weighted by molar-refractivity contribution is 7.91. The van der Waals surface area contributed by atoms with Crippen LogP contribution in [0.15, 0.2) is 64.9 Å². The number of ether oxygens (including phenoxy) is 1. The van der Waals surface area contributed by atoms with Crippen molar-refractivity contribution < 1.29 is 18.3 Å². The van der Waals surface area contributed by atoms with Crippen LogP contribution in [0.5, 0.6) is 5.75 Å². The number of hydrogen-bond donors (Lipinski definition) is 1. The number of aromatic nitrogens is 1. The molecular weight excluding hydrogens is 496 g/mol. The summed E-state index contributed by atoms with van der Waals surface area (Å²) in [6, 6.07) is 10.2. The van der Waals surface area contributed by atoms with E-state index in [4.69, 9.17) is 4.74 Å². The second-order valence-corrected chi connectivity index (χ2v) is 13.0. The summed E-state index contributed by atoms with van der Waals surface area (Å²) in [6.45, 7) is 8.06. The van der Waals surface area contributed by atoms with Crippen LogP contribution in [0.25, 0.3) is 0 Å². The lowest BCUT2D eigenvalue weighted by molar-refractivity contribution is 0.193. The van der Waals surface area contributed by atoms with Gasteiger partial charge < -0.3 is 9.84 Å². The monoisotopic (exact) mass is 540 g/mol. The summed E-state index contributed by atoms with van der Waals surface area (Å²) < 4.78 is 32.1. The number of hydrogen-bond acceptors (Lipinski definition) is 6. The second kappa shape index (κ2) is 13.6. The molecule has 2 heterocycles. The van der Waals surface area contributed by atoms with Crippen molar-refractivity contribution in [3.05, 3.63) is 60.5 Å². The van der Waals surface area contributed by atoms with Crippen LogP contribution in [-0.4, -0.2) is 43.1 Å². The fraction of sp³-hybridized carbons (Fsp3) is 0.581. The van der Waals surface area contributed by atoms with Crippen LogP contribution in [0.4, 0.5) is 0 Å². The van der Waals surface area contributed by atoms with Crippen LogP contribution in [0.2, 0.25) is 0 Å². The third-order valence-corrected chi connectivity index (χ3v) is 9.96. The van der Waals surface area contributed by atoms with Crippen LogP contribution in [0.1, 0.15) is 89.2 Å². The number of benzene rings is 1. The van der Waals surface area contributed by atoms with E-state index in [1.54, 1.807) is 30.5 Å². The van der Waals surface area contributed by atoms with Crippen molar-refractivity contribution in [2.45, 2.75) is 93.5 Å².